The number of para-hydroxylation sites is 1. The molecule has 1 aliphatic heterocycles. The van der Waals surface area contributed by atoms with Gasteiger partial charge >= 0.3 is 0 Å². The Labute approximate surface area is 128 Å². The Morgan fingerprint density at radius 2 is 2.23 bits per heavy atom. The van der Waals surface area contributed by atoms with Crippen LogP contribution in [0.5, 0.6) is 0 Å². The molecule has 0 bridgehead atoms. The number of benzene rings is 1. The van der Waals surface area contributed by atoms with Crippen molar-refractivity contribution in [2.45, 2.75) is 31.4 Å². The molecule has 6 nitrogen and oxygen atoms in total. The maximum atomic E-state index is 12.1. The first-order valence-corrected chi connectivity index (χ1v) is 7.41. The molecule has 1 aromatic heterocycles. The van der Waals surface area contributed by atoms with Gasteiger partial charge in [-0.1, -0.05) is 18.2 Å². The molecule has 116 valence electrons. The summed E-state index contributed by atoms with van der Waals surface area (Å²) in [6.07, 6.45) is 3.29. The van der Waals surface area contributed by atoms with Gasteiger partial charge in [-0.2, -0.15) is 0 Å². The van der Waals surface area contributed by atoms with Crippen molar-refractivity contribution in [3.05, 3.63) is 36.0 Å². The van der Waals surface area contributed by atoms with E-state index in [-0.39, 0.29) is 5.91 Å². The molecule has 4 N–H and O–H groups in total. The molecule has 1 fully saturated rings. The minimum absolute atomic E-state index is 0.263. The third kappa shape index (κ3) is 2.96. The number of hydrogen-bond donors (Lipinski definition) is 3. The van der Waals surface area contributed by atoms with E-state index >= 15 is 0 Å². The molecule has 1 aliphatic rings. The predicted octanol–water partition coefficient (Wildman–Crippen LogP) is 0.859. The SMILES string of the molecule is NC(=O)[C@H](Cc1c[nH]c2ccccc12)NC(=O)[C@H]1CCCO1. The van der Waals surface area contributed by atoms with Crippen molar-refractivity contribution in [1.82, 2.24) is 10.3 Å². The van der Waals surface area contributed by atoms with E-state index < -0.39 is 18.1 Å². The normalized spacial score (nSPS) is 19.2. The molecule has 2 aromatic rings. The number of H-pyrrole nitrogens is 1. The van der Waals surface area contributed by atoms with Gasteiger partial charge in [-0.05, 0) is 24.5 Å². The van der Waals surface area contributed by atoms with Gasteiger partial charge in [0.1, 0.15) is 12.1 Å². The first-order valence-electron chi connectivity index (χ1n) is 7.41. The summed E-state index contributed by atoms with van der Waals surface area (Å²) in [5, 5.41) is 3.74. The summed E-state index contributed by atoms with van der Waals surface area (Å²) in [6, 6.07) is 7.07. The number of amides is 2. The van der Waals surface area contributed by atoms with Crippen LogP contribution in [-0.4, -0.2) is 35.6 Å². The van der Waals surface area contributed by atoms with Crippen molar-refractivity contribution in [3.8, 4) is 0 Å². The molecule has 2 heterocycles. The van der Waals surface area contributed by atoms with Crippen LogP contribution in [0.3, 0.4) is 0 Å². The fraction of sp³-hybridized carbons (Fsp3) is 0.375. The number of primary amides is 1. The Kier molecular flexibility index (Phi) is 4.11. The van der Waals surface area contributed by atoms with Crippen LogP contribution in [0, 0.1) is 0 Å². The number of carbonyl (C=O) groups excluding carboxylic acids is 2. The van der Waals surface area contributed by atoms with E-state index in [0.29, 0.717) is 19.4 Å². The van der Waals surface area contributed by atoms with Crippen LogP contribution in [0.4, 0.5) is 0 Å². The number of hydrogen-bond acceptors (Lipinski definition) is 3. The summed E-state index contributed by atoms with van der Waals surface area (Å²) in [5.74, 6) is -0.808. The molecule has 0 aliphatic carbocycles. The highest BCUT2D eigenvalue weighted by molar-refractivity contribution is 5.90. The summed E-state index contributed by atoms with van der Waals surface area (Å²) in [4.78, 5) is 26.9. The van der Waals surface area contributed by atoms with Crippen LogP contribution in [0.1, 0.15) is 18.4 Å². The molecule has 0 radical (unpaired) electrons. The van der Waals surface area contributed by atoms with Crippen LogP contribution in [0.15, 0.2) is 30.5 Å². The average molecular weight is 301 g/mol. The standard InChI is InChI=1S/C16H19N3O3/c17-15(20)13(19-16(21)14-6-3-7-22-14)8-10-9-18-12-5-2-1-4-11(10)12/h1-2,4-5,9,13-14,18H,3,6-8H2,(H2,17,20)(H,19,21)/t13-,14+/m0/s1. The van der Waals surface area contributed by atoms with Gasteiger partial charge in [-0.3, -0.25) is 9.59 Å². The average Bonchev–Trinajstić information content (AvgIpc) is 3.16. The first-order chi connectivity index (χ1) is 10.6. The molecule has 1 saturated heterocycles. The van der Waals surface area contributed by atoms with Crippen LogP contribution in [0.2, 0.25) is 0 Å². The summed E-state index contributed by atoms with van der Waals surface area (Å²) < 4.78 is 5.33. The Morgan fingerprint density at radius 3 is 2.95 bits per heavy atom. The maximum absolute atomic E-state index is 12.1. The number of fused-ring (bicyclic) bond motifs is 1. The largest absolute Gasteiger partial charge is 0.368 e. The van der Waals surface area contributed by atoms with Gasteiger partial charge in [0.2, 0.25) is 11.8 Å². The second kappa shape index (κ2) is 6.19. The third-order valence-electron chi connectivity index (χ3n) is 3.98. The second-order valence-corrected chi connectivity index (χ2v) is 5.53. The van der Waals surface area contributed by atoms with E-state index in [1.807, 2.05) is 30.5 Å². The lowest BCUT2D eigenvalue weighted by Crippen LogP contribution is -2.49. The zero-order chi connectivity index (χ0) is 15.5. The number of ether oxygens (including phenoxy) is 1. The highest BCUT2D eigenvalue weighted by atomic mass is 16.5. The first kappa shape index (κ1) is 14.6. The molecular weight excluding hydrogens is 282 g/mol. The zero-order valence-corrected chi connectivity index (χ0v) is 12.2. The van der Waals surface area contributed by atoms with Gasteiger partial charge in [-0.15, -0.1) is 0 Å². The van der Waals surface area contributed by atoms with Gasteiger partial charge in [-0.25, -0.2) is 0 Å². The molecule has 1 aromatic carbocycles. The van der Waals surface area contributed by atoms with Crippen molar-refractivity contribution >= 4 is 22.7 Å². The molecule has 0 saturated carbocycles. The van der Waals surface area contributed by atoms with E-state index in [9.17, 15) is 9.59 Å². The van der Waals surface area contributed by atoms with Crippen LogP contribution >= 0.6 is 0 Å². The Hall–Kier alpha value is -2.34. The minimum atomic E-state index is -0.740. The van der Waals surface area contributed by atoms with E-state index in [1.165, 1.54) is 0 Å². The van der Waals surface area contributed by atoms with Crippen LogP contribution < -0.4 is 11.1 Å². The summed E-state index contributed by atoms with van der Waals surface area (Å²) in [6.45, 7) is 0.585. The Balaban J connectivity index is 1.74. The summed E-state index contributed by atoms with van der Waals surface area (Å²) >= 11 is 0. The molecule has 2 atom stereocenters. The smallest absolute Gasteiger partial charge is 0.249 e. The second-order valence-electron chi connectivity index (χ2n) is 5.53. The quantitative estimate of drug-likeness (QED) is 0.764. The molecule has 22 heavy (non-hydrogen) atoms. The molecular formula is C16H19N3O3. The Morgan fingerprint density at radius 1 is 1.41 bits per heavy atom. The molecule has 2 amide bonds. The molecule has 6 heteroatoms. The minimum Gasteiger partial charge on any atom is -0.368 e. The van der Waals surface area contributed by atoms with Crippen molar-refractivity contribution in [2.75, 3.05) is 6.61 Å². The van der Waals surface area contributed by atoms with Crippen molar-refractivity contribution in [3.63, 3.8) is 0 Å². The number of rotatable bonds is 5. The Bertz CT molecular complexity index is 689. The number of carbonyl (C=O) groups is 2. The van der Waals surface area contributed by atoms with Gasteiger partial charge < -0.3 is 20.8 Å². The highest BCUT2D eigenvalue weighted by Gasteiger charge is 2.27. The monoisotopic (exact) mass is 301 g/mol. The number of aromatic amines is 1. The van der Waals surface area contributed by atoms with Crippen LogP contribution in [0.25, 0.3) is 10.9 Å². The van der Waals surface area contributed by atoms with Crippen molar-refractivity contribution < 1.29 is 14.3 Å². The summed E-state index contributed by atoms with van der Waals surface area (Å²) in [7, 11) is 0. The van der Waals surface area contributed by atoms with Gasteiger partial charge in [0.25, 0.3) is 0 Å². The van der Waals surface area contributed by atoms with Gasteiger partial charge in [0.15, 0.2) is 0 Å². The fourth-order valence-corrected chi connectivity index (χ4v) is 2.79. The predicted molar refractivity (Wildman–Crippen MR) is 82.1 cm³/mol. The maximum Gasteiger partial charge on any atom is 0.249 e. The number of nitrogens with two attached hydrogens (primary N) is 1. The zero-order valence-electron chi connectivity index (χ0n) is 12.2. The van der Waals surface area contributed by atoms with E-state index in [2.05, 4.69) is 10.3 Å². The van der Waals surface area contributed by atoms with Crippen molar-refractivity contribution in [1.29, 1.82) is 0 Å². The van der Waals surface area contributed by atoms with E-state index in [1.54, 1.807) is 0 Å². The van der Waals surface area contributed by atoms with Gasteiger partial charge in [0.05, 0.1) is 0 Å². The number of aromatic nitrogens is 1. The van der Waals surface area contributed by atoms with Crippen molar-refractivity contribution in [2.24, 2.45) is 5.73 Å². The lowest BCUT2D eigenvalue weighted by atomic mass is 10.0. The topological polar surface area (TPSA) is 97.2 Å². The molecule has 0 spiro atoms. The molecule has 0 unspecified atom stereocenters. The third-order valence-corrected chi connectivity index (χ3v) is 3.98. The summed E-state index contributed by atoms with van der Waals surface area (Å²) in [5.41, 5.74) is 7.38. The van der Waals surface area contributed by atoms with E-state index in [4.69, 9.17) is 10.5 Å². The highest BCUT2D eigenvalue weighted by Crippen LogP contribution is 2.19. The lowest BCUT2D eigenvalue weighted by Gasteiger charge is -2.17. The van der Waals surface area contributed by atoms with E-state index in [0.717, 1.165) is 22.9 Å². The molecule has 3 rings (SSSR count). The fourth-order valence-electron chi connectivity index (χ4n) is 2.79. The lowest BCUT2D eigenvalue weighted by molar-refractivity contribution is -0.133. The van der Waals surface area contributed by atoms with Gasteiger partial charge in [0, 0.05) is 30.1 Å². The number of nitrogens with one attached hydrogen (secondary N) is 2. The van der Waals surface area contributed by atoms with Crippen LogP contribution in [-0.2, 0) is 20.7 Å².